The molecule has 11 heteroatoms. The van der Waals surface area contributed by atoms with E-state index in [4.69, 9.17) is 0 Å². The third-order valence-corrected chi connectivity index (χ3v) is 5.81. The fourth-order valence-electron chi connectivity index (χ4n) is 3.83. The Bertz CT molecular complexity index is 1150. The van der Waals surface area contributed by atoms with Crippen LogP contribution >= 0.6 is 0 Å². The topological polar surface area (TPSA) is 125 Å². The van der Waals surface area contributed by atoms with Crippen LogP contribution in [0.2, 0.25) is 0 Å². The predicted octanol–water partition coefficient (Wildman–Crippen LogP) is 0.517. The number of fused-ring (bicyclic) bond motifs is 1. The number of rotatable bonds is 5. The first kappa shape index (κ1) is 24.9. The van der Waals surface area contributed by atoms with Gasteiger partial charge in [0.05, 0.1) is 0 Å². The Balaban J connectivity index is 1.70. The maximum Gasteiger partial charge on any atom is 0.311 e. The number of carbonyl (C=O) groups excluding carboxylic acids is 3. The standard InChI is InChI=1S/C23H28FN5O5/c1-27(2)22(33)23(34)28(3)13-15-6-9-17-26-18(19(30)21(32)29(17)11-10-15)20(31)25-12-14-4-7-16(24)8-5-14/h4-5,7-8,15,30H,6,9-13H2,1-3H3,(H,25,31). The number of nitrogens with one attached hydrogen (secondary N) is 1. The third-order valence-electron chi connectivity index (χ3n) is 5.81. The number of aryl methyl sites for hydroxylation is 1. The molecule has 34 heavy (non-hydrogen) atoms. The van der Waals surface area contributed by atoms with Crippen LogP contribution in [0.15, 0.2) is 29.1 Å². The smallest absolute Gasteiger partial charge is 0.311 e. The van der Waals surface area contributed by atoms with Crippen molar-refractivity contribution in [1.29, 1.82) is 0 Å². The van der Waals surface area contributed by atoms with Crippen molar-refractivity contribution in [2.45, 2.75) is 32.4 Å². The van der Waals surface area contributed by atoms with E-state index in [1.54, 1.807) is 7.05 Å². The zero-order valence-electron chi connectivity index (χ0n) is 19.4. The Morgan fingerprint density at radius 1 is 1.15 bits per heavy atom. The minimum Gasteiger partial charge on any atom is -0.501 e. The fraction of sp³-hybridized carbons (Fsp3) is 0.435. The van der Waals surface area contributed by atoms with Crippen LogP contribution in [0.3, 0.4) is 0 Å². The minimum absolute atomic E-state index is 0.00269. The molecule has 1 aliphatic heterocycles. The van der Waals surface area contributed by atoms with E-state index < -0.39 is 34.8 Å². The Morgan fingerprint density at radius 3 is 2.47 bits per heavy atom. The van der Waals surface area contributed by atoms with Crippen LogP contribution in [-0.2, 0) is 29.1 Å². The summed E-state index contributed by atoms with van der Waals surface area (Å²) in [5.41, 5.74) is -0.416. The summed E-state index contributed by atoms with van der Waals surface area (Å²) in [5, 5.41) is 12.9. The number of nitrogens with zero attached hydrogens (tertiary/aromatic N) is 4. The predicted molar refractivity (Wildman–Crippen MR) is 120 cm³/mol. The molecule has 10 nitrogen and oxygen atoms in total. The van der Waals surface area contributed by atoms with Gasteiger partial charge in [-0.2, -0.15) is 0 Å². The molecule has 0 spiro atoms. The highest BCUT2D eigenvalue weighted by molar-refractivity contribution is 6.34. The molecule has 1 aliphatic rings. The van der Waals surface area contributed by atoms with Crippen LogP contribution in [0.4, 0.5) is 4.39 Å². The van der Waals surface area contributed by atoms with Crippen LogP contribution in [-0.4, -0.2) is 69.9 Å². The summed E-state index contributed by atoms with van der Waals surface area (Å²) in [4.78, 5) is 56.3. The summed E-state index contributed by atoms with van der Waals surface area (Å²) >= 11 is 0. The Morgan fingerprint density at radius 2 is 1.82 bits per heavy atom. The normalized spacial score (nSPS) is 15.1. The van der Waals surface area contributed by atoms with Gasteiger partial charge >= 0.3 is 11.8 Å². The number of hydrogen-bond donors (Lipinski definition) is 2. The molecule has 0 saturated carbocycles. The number of halogens is 1. The fourth-order valence-corrected chi connectivity index (χ4v) is 3.83. The van der Waals surface area contributed by atoms with Gasteiger partial charge in [0.25, 0.3) is 11.5 Å². The van der Waals surface area contributed by atoms with Crippen molar-refractivity contribution in [3.8, 4) is 5.75 Å². The monoisotopic (exact) mass is 473 g/mol. The van der Waals surface area contributed by atoms with Gasteiger partial charge in [0, 0.05) is 47.2 Å². The van der Waals surface area contributed by atoms with E-state index in [-0.39, 0.29) is 24.7 Å². The van der Waals surface area contributed by atoms with E-state index >= 15 is 0 Å². The molecule has 1 aromatic heterocycles. The minimum atomic E-state index is -0.734. The summed E-state index contributed by atoms with van der Waals surface area (Å²) in [6, 6.07) is 5.57. The molecule has 0 fully saturated rings. The van der Waals surface area contributed by atoms with Gasteiger partial charge in [0.2, 0.25) is 5.75 Å². The molecule has 182 valence electrons. The quantitative estimate of drug-likeness (QED) is 0.610. The van der Waals surface area contributed by atoms with Gasteiger partial charge in [-0.1, -0.05) is 12.1 Å². The van der Waals surface area contributed by atoms with Gasteiger partial charge in [-0.25, -0.2) is 9.37 Å². The lowest BCUT2D eigenvalue weighted by Crippen LogP contribution is -2.42. The maximum absolute atomic E-state index is 13.0. The highest BCUT2D eigenvalue weighted by Crippen LogP contribution is 2.21. The maximum atomic E-state index is 13.0. The van der Waals surface area contributed by atoms with Gasteiger partial charge in [-0.05, 0) is 36.5 Å². The van der Waals surface area contributed by atoms with Crippen LogP contribution in [0.25, 0.3) is 0 Å². The highest BCUT2D eigenvalue weighted by atomic mass is 19.1. The molecule has 0 radical (unpaired) electrons. The Kier molecular flexibility index (Phi) is 7.64. The molecular formula is C23H28FN5O5. The molecule has 2 aromatic rings. The Hall–Kier alpha value is -3.76. The number of likely N-dealkylation sites (N-methyl/N-ethyl adjacent to an activating group) is 2. The molecule has 0 aliphatic carbocycles. The van der Waals surface area contributed by atoms with E-state index in [0.717, 1.165) is 0 Å². The summed E-state index contributed by atoms with van der Waals surface area (Å²) in [6.07, 6.45) is 1.49. The van der Waals surface area contributed by atoms with Crippen LogP contribution in [0.5, 0.6) is 5.75 Å². The molecule has 0 bridgehead atoms. The van der Waals surface area contributed by atoms with Gasteiger partial charge in [0.15, 0.2) is 5.69 Å². The lowest BCUT2D eigenvalue weighted by Gasteiger charge is -2.23. The largest absolute Gasteiger partial charge is 0.501 e. The number of aromatic hydroxyl groups is 1. The molecule has 1 unspecified atom stereocenters. The summed E-state index contributed by atoms with van der Waals surface area (Å²) in [6.45, 7) is 0.672. The Labute approximate surface area is 196 Å². The molecule has 1 atom stereocenters. The molecule has 2 heterocycles. The van der Waals surface area contributed by atoms with Gasteiger partial charge in [-0.3, -0.25) is 23.7 Å². The van der Waals surface area contributed by atoms with Crippen molar-refractivity contribution in [2.24, 2.45) is 5.92 Å². The van der Waals surface area contributed by atoms with Crippen LogP contribution < -0.4 is 10.9 Å². The first-order chi connectivity index (χ1) is 16.1. The SMILES string of the molecule is CN(C)C(=O)C(=O)N(C)CC1CCc2nc(C(=O)NCc3ccc(F)cc3)c(O)c(=O)n2CC1. The second kappa shape index (κ2) is 10.4. The number of hydrogen-bond acceptors (Lipinski definition) is 6. The van der Waals surface area contributed by atoms with Crippen molar-refractivity contribution in [3.63, 3.8) is 0 Å². The summed E-state index contributed by atoms with van der Waals surface area (Å²) < 4.78 is 14.4. The van der Waals surface area contributed by atoms with E-state index in [1.807, 2.05) is 0 Å². The van der Waals surface area contributed by atoms with E-state index in [9.17, 15) is 28.7 Å². The second-order valence-corrected chi connectivity index (χ2v) is 8.57. The molecule has 0 saturated heterocycles. The number of aromatic nitrogens is 2. The van der Waals surface area contributed by atoms with Gasteiger partial charge in [0.1, 0.15) is 11.6 Å². The van der Waals surface area contributed by atoms with Gasteiger partial charge in [-0.15, -0.1) is 0 Å². The van der Waals surface area contributed by atoms with E-state index in [2.05, 4.69) is 10.3 Å². The van der Waals surface area contributed by atoms with Crippen LogP contribution in [0, 0.1) is 11.7 Å². The number of benzene rings is 1. The third kappa shape index (κ3) is 5.59. The zero-order chi connectivity index (χ0) is 25.0. The molecule has 1 aromatic carbocycles. The number of amides is 3. The van der Waals surface area contributed by atoms with Gasteiger partial charge < -0.3 is 20.2 Å². The van der Waals surface area contributed by atoms with E-state index in [0.29, 0.717) is 37.2 Å². The lowest BCUT2D eigenvalue weighted by molar-refractivity contribution is -0.149. The molecule has 3 amide bonds. The average Bonchev–Trinajstić information content (AvgIpc) is 3.02. The lowest BCUT2D eigenvalue weighted by atomic mass is 10.00. The number of carbonyl (C=O) groups is 3. The first-order valence-electron chi connectivity index (χ1n) is 10.9. The first-order valence-corrected chi connectivity index (χ1v) is 10.9. The second-order valence-electron chi connectivity index (χ2n) is 8.57. The molecule has 2 N–H and O–H groups in total. The van der Waals surface area contributed by atoms with Crippen molar-refractivity contribution < 1.29 is 23.9 Å². The van der Waals surface area contributed by atoms with Crippen molar-refractivity contribution in [3.05, 3.63) is 57.5 Å². The van der Waals surface area contributed by atoms with Crippen molar-refractivity contribution >= 4 is 17.7 Å². The summed E-state index contributed by atoms with van der Waals surface area (Å²) in [5.74, 6) is -2.69. The average molecular weight is 474 g/mol. The van der Waals surface area contributed by atoms with Crippen LogP contribution in [0.1, 0.15) is 34.7 Å². The molecule has 3 rings (SSSR count). The summed E-state index contributed by atoms with van der Waals surface area (Å²) in [7, 11) is 4.57. The van der Waals surface area contributed by atoms with Crippen molar-refractivity contribution in [1.82, 2.24) is 24.7 Å². The zero-order valence-corrected chi connectivity index (χ0v) is 19.4. The molecular weight excluding hydrogens is 445 g/mol. The van der Waals surface area contributed by atoms with Crippen molar-refractivity contribution in [2.75, 3.05) is 27.7 Å². The highest BCUT2D eigenvalue weighted by Gasteiger charge is 2.27. The van der Waals surface area contributed by atoms with E-state index in [1.165, 1.54) is 52.7 Å².